The fourth-order valence-electron chi connectivity index (χ4n) is 2.35. The van der Waals surface area contributed by atoms with Gasteiger partial charge in [-0.25, -0.2) is 4.39 Å². The molecule has 1 aliphatic heterocycles. The van der Waals surface area contributed by atoms with Crippen molar-refractivity contribution in [2.24, 2.45) is 0 Å². The maximum atomic E-state index is 13.3. The Balaban J connectivity index is 2.14. The number of hydrogen-bond acceptors (Lipinski definition) is 1. The number of rotatable bonds is 1. The molecule has 0 aliphatic carbocycles. The number of aromatic amines is 1. The molecule has 0 spiro atoms. The van der Waals surface area contributed by atoms with E-state index in [9.17, 15) is 9.18 Å². The van der Waals surface area contributed by atoms with E-state index in [1.54, 1.807) is 12.1 Å². The molecule has 1 amide bonds. The number of aromatic nitrogens is 1. The summed E-state index contributed by atoms with van der Waals surface area (Å²) in [5.41, 5.74) is 4.71. The van der Waals surface area contributed by atoms with Gasteiger partial charge in [-0.3, -0.25) is 4.79 Å². The van der Waals surface area contributed by atoms with Crippen molar-refractivity contribution in [1.82, 2.24) is 4.98 Å². The van der Waals surface area contributed by atoms with E-state index in [1.807, 2.05) is 19.9 Å². The first-order valence-corrected chi connectivity index (χ1v) is 6.04. The van der Waals surface area contributed by atoms with Gasteiger partial charge in [-0.1, -0.05) is 0 Å². The summed E-state index contributed by atoms with van der Waals surface area (Å²) < 4.78 is 13.3. The molecule has 3 rings (SSSR count). The Labute approximate surface area is 110 Å². The summed E-state index contributed by atoms with van der Waals surface area (Å²) in [5.74, 6) is -0.548. The van der Waals surface area contributed by atoms with E-state index in [2.05, 4.69) is 10.3 Å². The standard InChI is InChI=1S/C15H13FN2O/c1-8-5-9(2)17-14(8)7-12-11-6-10(16)3-4-13(11)18-15(12)19/h3-7,17H,1-2H3,(H,18,19)/b12-7-. The van der Waals surface area contributed by atoms with Crippen molar-refractivity contribution >= 4 is 23.2 Å². The molecule has 0 fully saturated rings. The molecule has 1 aromatic heterocycles. The lowest BCUT2D eigenvalue weighted by atomic mass is 10.1. The molecule has 0 radical (unpaired) electrons. The molecule has 0 unspecified atom stereocenters. The van der Waals surface area contributed by atoms with Gasteiger partial charge in [-0.2, -0.15) is 0 Å². The van der Waals surface area contributed by atoms with Crippen LogP contribution in [-0.2, 0) is 4.79 Å². The summed E-state index contributed by atoms with van der Waals surface area (Å²) in [6.45, 7) is 3.92. The van der Waals surface area contributed by atoms with Gasteiger partial charge in [0.05, 0.1) is 5.57 Å². The van der Waals surface area contributed by atoms with E-state index in [4.69, 9.17) is 0 Å². The summed E-state index contributed by atoms with van der Waals surface area (Å²) in [6, 6.07) is 6.30. The number of carbonyl (C=O) groups is 1. The van der Waals surface area contributed by atoms with E-state index in [1.165, 1.54) is 12.1 Å². The monoisotopic (exact) mass is 256 g/mol. The van der Waals surface area contributed by atoms with Crippen LogP contribution in [0.3, 0.4) is 0 Å². The zero-order valence-electron chi connectivity index (χ0n) is 10.7. The first-order valence-electron chi connectivity index (χ1n) is 6.04. The van der Waals surface area contributed by atoms with Crippen molar-refractivity contribution in [3.63, 3.8) is 0 Å². The Bertz CT molecular complexity index is 713. The van der Waals surface area contributed by atoms with Gasteiger partial charge >= 0.3 is 0 Å². The normalized spacial score (nSPS) is 15.7. The third-order valence-corrected chi connectivity index (χ3v) is 3.24. The fourth-order valence-corrected chi connectivity index (χ4v) is 2.35. The number of aryl methyl sites for hydroxylation is 2. The molecule has 4 heteroatoms. The second-order valence-corrected chi connectivity index (χ2v) is 4.75. The minimum atomic E-state index is -0.347. The van der Waals surface area contributed by atoms with Crippen molar-refractivity contribution in [1.29, 1.82) is 0 Å². The first-order chi connectivity index (χ1) is 9.04. The lowest BCUT2D eigenvalue weighted by Crippen LogP contribution is -2.03. The molecule has 2 heterocycles. The Morgan fingerprint density at radius 2 is 2.00 bits per heavy atom. The van der Waals surface area contributed by atoms with Crippen molar-refractivity contribution < 1.29 is 9.18 Å². The molecule has 2 aromatic rings. The summed E-state index contributed by atoms with van der Waals surface area (Å²) in [6.07, 6.45) is 1.77. The van der Waals surface area contributed by atoms with E-state index in [0.717, 1.165) is 17.0 Å². The minimum Gasteiger partial charge on any atom is -0.359 e. The second-order valence-electron chi connectivity index (χ2n) is 4.75. The average Bonchev–Trinajstić information content (AvgIpc) is 2.81. The zero-order valence-corrected chi connectivity index (χ0v) is 10.7. The summed E-state index contributed by atoms with van der Waals surface area (Å²) in [5, 5.41) is 2.73. The van der Waals surface area contributed by atoms with Crippen LogP contribution in [0.2, 0.25) is 0 Å². The van der Waals surface area contributed by atoms with Crippen LogP contribution < -0.4 is 5.32 Å². The summed E-state index contributed by atoms with van der Waals surface area (Å²) >= 11 is 0. The van der Waals surface area contributed by atoms with Crippen LogP contribution in [-0.4, -0.2) is 10.9 Å². The van der Waals surface area contributed by atoms with Gasteiger partial charge in [0.1, 0.15) is 5.82 Å². The number of nitrogens with one attached hydrogen (secondary N) is 2. The molecule has 0 atom stereocenters. The SMILES string of the molecule is Cc1cc(C)c(/C=C2\C(=O)Nc3ccc(F)cc32)[nH]1. The molecule has 96 valence electrons. The molecule has 19 heavy (non-hydrogen) atoms. The molecule has 1 aliphatic rings. The molecule has 0 bridgehead atoms. The average molecular weight is 256 g/mol. The van der Waals surface area contributed by atoms with Gasteiger partial charge < -0.3 is 10.3 Å². The molecular formula is C15H13FN2O. The van der Waals surface area contributed by atoms with Crippen molar-refractivity contribution in [2.45, 2.75) is 13.8 Å². The van der Waals surface area contributed by atoms with Crippen molar-refractivity contribution in [3.8, 4) is 0 Å². The topological polar surface area (TPSA) is 44.9 Å². The van der Waals surface area contributed by atoms with Crippen LogP contribution in [0, 0.1) is 19.7 Å². The fraction of sp³-hybridized carbons (Fsp3) is 0.133. The summed E-state index contributed by atoms with van der Waals surface area (Å²) in [4.78, 5) is 15.1. The van der Waals surface area contributed by atoms with Crippen LogP contribution in [0.4, 0.5) is 10.1 Å². The number of benzene rings is 1. The first kappa shape index (κ1) is 11.7. The van der Waals surface area contributed by atoms with Crippen molar-refractivity contribution in [2.75, 3.05) is 5.32 Å². The quantitative estimate of drug-likeness (QED) is 0.756. The van der Waals surface area contributed by atoms with Gasteiger partial charge in [0, 0.05) is 22.6 Å². The van der Waals surface area contributed by atoms with Crippen LogP contribution in [0.1, 0.15) is 22.5 Å². The number of amides is 1. The highest BCUT2D eigenvalue weighted by molar-refractivity contribution is 6.34. The van der Waals surface area contributed by atoms with E-state index in [-0.39, 0.29) is 11.7 Å². The van der Waals surface area contributed by atoms with E-state index < -0.39 is 0 Å². The maximum Gasteiger partial charge on any atom is 0.256 e. The van der Waals surface area contributed by atoms with E-state index >= 15 is 0 Å². The second kappa shape index (κ2) is 4.09. The third kappa shape index (κ3) is 1.95. The van der Waals surface area contributed by atoms with Crippen LogP contribution >= 0.6 is 0 Å². The van der Waals surface area contributed by atoms with Gasteiger partial charge in [0.25, 0.3) is 5.91 Å². The number of halogens is 1. The Hall–Kier alpha value is -2.36. The van der Waals surface area contributed by atoms with Gasteiger partial charge in [-0.05, 0) is 49.8 Å². The predicted molar refractivity (Wildman–Crippen MR) is 73.2 cm³/mol. The van der Waals surface area contributed by atoms with Crippen LogP contribution in [0.15, 0.2) is 24.3 Å². The zero-order chi connectivity index (χ0) is 13.6. The Morgan fingerprint density at radius 3 is 2.68 bits per heavy atom. The minimum absolute atomic E-state index is 0.202. The summed E-state index contributed by atoms with van der Waals surface area (Å²) in [7, 11) is 0. The number of fused-ring (bicyclic) bond motifs is 1. The molecule has 0 saturated heterocycles. The van der Waals surface area contributed by atoms with Crippen molar-refractivity contribution in [3.05, 3.63) is 52.6 Å². The molecule has 1 aromatic carbocycles. The molecule has 0 saturated carbocycles. The highest BCUT2D eigenvalue weighted by Gasteiger charge is 2.24. The Kier molecular flexibility index (Phi) is 2.52. The Morgan fingerprint density at radius 1 is 1.21 bits per heavy atom. The largest absolute Gasteiger partial charge is 0.359 e. The lowest BCUT2D eigenvalue weighted by molar-refractivity contribution is -0.110. The number of H-pyrrole nitrogens is 1. The van der Waals surface area contributed by atoms with Gasteiger partial charge in [0.15, 0.2) is 0 Å². The third-order valence-electron chi connectivity index (χ3n) is 3.24. The molecule has 3 nitrogen and oxygen atoms in total. The molecular weight excluding hydrogens is 243 g/mol. The van der Waals surface area contributed by atoms with Crippen LogP contribution in [0.25, 0.3) is 11.6 Å². The maximum absolute atomic E-state index is 13.3. The number of carbonyl (C=O) groups excluding carboxylic acids is 1. The number of anilines is 1. The lowest BCUT2D eigenvalue weighted by Gasteiger charge is -1.98. The van der Waals surface area contributed by atoms with Gasteiger partial charge in [-0.15, -0.1) is 0 Å². The highest BCUT2D eigenvalue weighted by Crippen LogP contribution is 2.33. The van der Waals surface area contributed by atoms with E-state index in [0.29, 0.717) is 16.8 Å². The highest BCUT2D eigenvalue weighted by atomic mass is 19.1. The van der Waals surface area contributed by atoms with Gasteiger partial charge in [0.2, 0.25) is 0 Å². The molecule has 2 N–H and O–H groups in total. The predicted octanol–water partition coefficient (Wildman–Crippen LogP) is 3.26. The number of hydrogen-bond donors (Lipinski definition) is 2. The van der Waals surface area contributed by atoms with Crippen LogP contribution in [0.5, 0.6) is 0 Å². The smallest absolute Gasteiger partial charge is 0.256 e.